The van der Waals surface area contributed by atoms with Crippen LogP contribution in [0.1, 0.15) is 18.9 Å². The van der Waals surface area contributed by atoms with E-state index in [4.69, 9.17) is 10.4 Å². The van der Waals surface area contributed by atoms with Crippen molar-refractivity contribution >= 4 is 17.7 Å². The number of anilines is 1. The Hall–Kier alpha value is -2.62. The summed E-state index contributed by atoms with van der Waals surface area (Å²) < 4.78 is 13.3. The predicted octanol–water partition coefficient (Wildman–Crippen LogP) is 1.93. The third kappa shape index (κ3) is 3.95. The Morgan fingerprint density at radius 1 is 1.50 bits per heavy atom. The number of nitriles is 1. The quantitative estimate of drug-likeness (QED) is 0.766. The van der Waals surface area contributed by atoms with Gasteiger partial charge in [-0.15, -0.1) is 0 Å². The zero-order valence-electron chi connectivity index (χ0n) is 10.8. The van der Waals surface area contributed by atoms with Crippen molar-refractivity contribution in [1.82, 2.24) is 5.32 Å². The average molecular weight is 279 g/mol. The lowest BCUT2D eigenvalue weighted by Crippen LogP contribution is -2.35. The van der Waals surface area contributed by atoms with Gasteiger partial charge in [-0.1, -0.05) is 13.0 Å². The lowest BCUT2D eigenvalue weighted by Gasteiger charge is -2.12. The van der Waals surface area contributed by atoms with E-state index in [1.54, 1.807) is 13.0 Å². The molecule has 106 valence electrons. The SMILES string of the molecule is CCC(CNC(=O)Nc1cccc(F)c1C#N)C(=O)O. The molecule has 20 heavy (non-hydrogen) atoms. The Bertz CT molecular complexity index is 554. The molecule has 1 aromatic carbocycles. The molecule has 0 aliphatic heterocycles. The summed E-state index contributed by atoms with van der Waals surface area (Å²) >= 11 is 0. The third-order valence-corrected chi connectivity index (χ3v) is 2.72. The second kappa shape index (κ2) is 7.09. The molecule has 0 aromatic heterocycles. The Morgan fingerprint density at radius 2 is 2.20 bits per heavy atom. The number of nitrogens with one attached hydrogen (secondary N) is 2. The molecule has 0 bridgehead atoms. The number of rotatable bonds is 5. The standard InChI is InChI=1S/C13H14FN3O3/c1-2-8(12(18)19)7-16-13(20)17-11-5-3-4-10(14)9(11)6-15/h3-5,8H,2,7H2,1H3,(H,18,19)(H2,16,17,20). The zero-order chi connectivity index (χ0) is 15.1. The van der Waals surface area contributed by atoms with Gasteiger partial charge in [-0.25, -0.2) is 9.18 Å². The second-order valence-corrected chi connectivity index (χ2v) is 4.05. The number of nitrogens with zero attached hydrogens (tertiary/aromatic N) is 1. The molecule has 0 saturated carbocycles. The van der Waals surface area contributed by atoms with E-state index in [1.165, 1.54) is 12.1 Å². The van der Waals surface area contributed by atoms with E-state index in [0.29, 0.717) is 6.42 Å². The molecule has 1 atom stereocenters. The third-order valence-electron chi connectivity index (χ3n) is 2.72. The molecule has 0 aliphatic rings. The van der Waals surface area contributed by atoms with Crippen molar-refractivity contribution in [2.75, 3.05) is 11.9 Å². The maximum absolute atomic E-state index is 13.3. The molecule has 2 amide bonds. The monoisotopic (exact) mass is 279 g/mol. The number of urea groups is 1. The molecule has 0 aliphatic carbocycles. The van der Waals surface area contributed by atoms with Crippen LogP contribution in [0.5, 0.6) is 0 Å². The van der Waals surface area contributed by atoms with Crippen molar-refractivity contribution in [2.24, 2.45) is 5.92 Å². The number of carboxylic acid groups (broad SMARTS) is 1. The van der Waals surface area contributed by atoms with Crippen molar-refractivity contribution in [3.8, 4) is 6.07 Å². The molecule has 1 rings (SSSR count). The Balaban J connectivity index is 2.66. The smallest absolute Gasteiger partial charge is 0.319 e. The summed E-state index contributed by atoms with van der Waals surface area (Å²) in [6.07, 6.45) is 0.374. The van der Waals surface area contributed by atoms with Crippen molar-refractivity contribution in [3.63, 3.8) is 0 Å². The topological polar surface area (TPSA) is 102 Å². The number of carboxylic acids is 1. The number of benzene rings is 1. The van der Waals surface area contributed by atoms with Gasteiger partial charge in [-0.05, 0) is 18.6 Å². The van der Waals surface area contributed by atoms with Gasteiger partial charge in [0.25, 0.3) is 0 Å². The number of halogens is 1. The first-order chi connectivity index (χ1) is 9.49. The second-order valence-electron chi connectivity index (χ2n) is 4.05. The van der Waals surface area contributed by atoms with Crippen molar-refractivity contribution in [3.05, 3.63) is 29.6 Å². The number of amides is 2. The Kier molecular flexibility index (Phi) is 5.47. The molecule has 0 radical (unpaired) electrons. The van der Waals surface area contributed by atoms with Crippen LogP contribution in [-0.2, 0) is 4.79 Å². The summed E-state index contributed by atoms with van der Waals surface area (Å²) in [5.41, 5.74) is -0.235. The molecular formula is C13H14FN3O3. The first kappa shape index (κ1) is 15.4. The maximum atomic E-state index is 13.3. The van der Waals surface area contributed by atoms with Crippen molar-refractivity contribution in [2.45, 2.75) is 13.3 Å². The molecule has 1 unspecified atom stereocenters. The van der Waals surface area contributed by atoms with Gasteiger partial charge in [0, 0.05) is 6.54 Å². The lowest BCUT2D eigenvalue weighted by atomic mass is 10.1. The summed E-state index contributed by atoms with van der Waals surface area (Å²) in [5.74, 6) is -2.43. The van der Waals surface area contributed by atoms with E-state index in [-0.39, 0.29) is 17.8 Å². The minimum atomic E-state index is -1.00. The highest BCUT2D eigenvalue weighted by molar-refractivity contribution is 5.91. The fourth-order valence-corrected chi connectivity index (χ4v) is 1.53. The van der Waals surface area contributed by atoms with Gasteiger partial charge >= 0.3 is 12.0 Å². The van der Waals surface area contributed by atoms with E-state index >= 15 is 0 Å². The fraction of sp³-hybridized carbons (Fsp3) is 0.308. The highest BCUT2D eigenvalue weighted by Gasteiger charge is 2.16. The summed E-state index contributed by atoms with van der Waals surface area (Å²) in [6.45, 7) is 1.65. The van der Waals surface area contributed by atoms with Gasteiger partial charge in [0.05, 0.1) is 11.6 Å². The molecular weight excluding hydrogens is 265 g/mol. The molecule has 3 N–H and O–H groups in total. The zero-order valence-corrected chi connectivity index (χ0v) is 10.8. The molecule has 0 heterocycles. The Morgan fingerprint density at radius 3 is 2.75 bits per heavy atom. The van der Waals surface area contributed by atoms with Gasteiger partial charge in [-0.3, -0.25) is 4.79 Å². The summed E-state index contributed by atoms with van der Waals surface area (Å²) in [6, 6.07) is 4.82. The van der Waals surface area contributed by atoms with Crippen LogP contribution in [-0.4, -0.2) is 23.7 Å². The highest BCUT2D eigenvalue weighted by atomic mass is 19.1. The number of carbonyl (C=O) groups is 2. The van der Waals surface area contributed by atoms with Gasteiger partial charge in [-0.2, -0.15) is 5.26 Å². The van der Waals surface area contributed by atoms with Crippen molar-refractivity contribution < 1.29 is 19.1 Å². The summed E-state index contributed by atoms with van der Waals surface area (Å²) in [5, 5.41) is 22.3. The van der Waals surface area contributed by atoms with Gasteiger partial charge in [0.2, 0.25) is 0 Å². The van der Waals surface area contributed by atoms with Gasteiger partial charge in [0.1, 0.15) is 17.4 Å². The maximum Gasteiger partial charge on any atom is 0.319 e. The van der Waals surface area contributed by atoms with E-state index in [1.807, 2.05) is 0 Å². The Labute approximate surface area is 115 Å². The minimum absolute atomic E-state index is 0.0355. The van der Waals surface area contributed by atoms with Gasteiger partial charge in [0.15, 0.2) is 0 Å². The molecule has 0 spiro atoms. The first-order valence-corrected chi connectivity index (χ1v) is 5.95. The number of carbonyl (C=O) groups excluding carboxylic acids is 1. The van der Waals surface area contributed by atoms with E-state index in [0.717, 1.165) is 6.07 Å². The minimum Gasteiger partial charge on any atom is -0.481 e. The molecule has 0 saturated heterocycles. The largest absolute Gasteiger partial charge is 0.481 e. The van der Waals surface area contributed by atoms with Crippen LogP contribution in [0.4, 0.5) is 14.9 Å². The first-order valence-electron chi connectivity index (χ1n) is 5.95. The molecule has 7 heteroatoms. The molecule has 1 aromatic rings. The van der Waals surface area contributed by atoms with E-state index in [2.05, 4.69) is 10.6 Å². The van der Waals surface area contributed by atoms with Crippen LogP contribution in [0.2, 0.25) is 0 Å². The highest BCUT2D eigenvalue weighted by Crippen LogP contribution is 2.17. The van der Waals surface area contributed by atoms with Crippen LogP contribution < -0.4 is 10.6 Å². The van der Waals surface area contributed by atoms with Gasteiger partial charge < -0.3 is 15.7 Å². The lowest BCUT2D eigenvalue weighted by molar-refractivity contribution is -0.141. The summed E-state index contributed by atoms with van der Waals surface area (Å²) in [7, 11) is 0. The predicted molar refractivity (Wildman–Crippen MR) is 69.6 cm³/mol. The normalized spacial score (nSPS) is 11.2. The van der Waals surface area contributed by atoms with Crippen molar-refractivity contribution in [1.29, 1.82) is 5.26 Å². The van der Waals surface area contributed by atoms with Crippen LogP contribution in [0, 0.1) is 23.1 Å². The van der Waals surface area contributed by atoms with E-state index in [9.17, 15) is 14.0 Å². The number of aliphatic carboxylic acids is 1. The van der Waals surface area contributed by atoms with Crippen LogP contribution in [0.25, 0.3) is 0 Å². The fourth-order valence-electron chi connectivity index (χ4n) is 1.53. The molecule has 0 fully saturated rings. The molecule has 6 nitrogen and oxygen atoms in total. The number of hydrogen-bond acceptors (Lipinski definition) is 3. The average Bonchev–Trinajstić information content (AvgIpc) is 2.39. The van der Waals surface area contributed by atoms with Crippen LogP contribution in [0.15, 0.2) is 18.2 Å². The number of hydrogen-bond donors (Lipinski definition) is 3. The van der Waals surface area contributed by atoms with Crippen LogP contribution in [0.3, 0.4) is 0 Å². The van der Waals surface area contributed by atoms with E-state index < -0.39 is 23.7 Å². The summed E-state index contributed by atoms with van der Waals surface area (Å²) in [4.78, 5) is 22.4. The van der Waals surface area contributed by atoms with Crippen LogP contribution >= 0.6 is 0 Å².